The Bertz CT molecular complexity index is 1150. The molecular weight excluding hydrogens is 408 g/mol. The highest BCUT2D eigenvalue weighted by Crippen LogP contribution is 2.35. The van der Waals surface area contributed by atoms with Crippen molar-refractivity contribution in [2.24, 2.45) is 4.99 Å². The first-order valence-corrected chi connectivity index (χ1v) is 11.9. The normalized spacial score (nSPS) is 26.4. The molecule has 0 radical (unpaired) electrons. The van der Waals surface area contributed by atoms with E-state index < -0.39 is 15.4 Å². The van der Waals surface area contributed by atoms with Gasteiger partial charge in [-0.15, -0.1) is 0 Å². The third kappa shape index (κ3) is 3.89. The van der Waals surface area contributed by atoms with Crippen molar-refractivity contribution in [3.63, 3.8) is 0 Å². The van der Waals surface area contributed by atoms with Crippen LogP contribution in [0.25, 0.3) is 6.08 Å². The second kappa shape index (κ2) is 7.14. The molecule has 1 unspecified atom stereocenters. The number of hydrogen-bond donors (Lipinski definition) is 1. The molecule has 0 spiro atoms. The number of rotatable bonds is 3. The van der Waals surface area contributed by atoms with Gasteiger partial charge in [0, 0.05) is 11.3 Å². The minimum Gasteiger partial charge on any atom is -0.300 e. The zero-order valence-electron chi connectivity index (χ0n) is 16.5. The molecular formula is C20H22N4O3S2. The van der Waals surface area contributed by atoms with E-state index in [1.54, 1.807) is 0 Å². The number of sulfone groups is 1. The van der Waals surface area contributed by atoms with Gasteiger partial charge in [-0.1, -0.05) is 18.2 Å². The van der Waals surface area contributed by atoms with Crippen molar-refractivity contribution in [3.8, 4) is 0 Å². The molecule has 3 heterocycles. The highest BCUT2D eigenvalue weighted by Gasteiger charge is 2.41. The smallest absolute Gasteiger partial charge is 0.289 e. The van der Waals surface area contributed by atoms with Crippen molar-refractivity contribution >= 4 is 44.4 Å². The summed E-state index contributed by atoms with van der Waals surface area (Å²) in [4.78, 5) is 17.3. The van der Waals surface area contributed by atoms with Crippen molar-refractivity contribution in [2.45, 2.75) is 32.7 Å². The van der Waals surface area contributed by atoms with Gasteiger partial charge in [-0.05, 0) is 57.2 Å². The van der Waals surface area contributed by atoms with Crippen LogP contribution in [0.4, 0.5) is 10.5 Å². The molecule has 1 N–H and O–H groups in total. The van der Waals surface area contributed by atoms with Crippen LogP contribution in [0.3, 0.4) is 0 Å². The van der Waals surface area contributed by atoms with E-state index >= 15 is 0 Å². The topological polar surface area (TPSA) is 93.4 Å². The quantitative estimate of drug-likeness (QED) is 0.804. The van der Waals surface area contributed by atoms with Crippen molar-refractivity contribution in [1.29, 1.82) is 0 Å². The lowest BCUT2D eigenvalue weighted by molar-refractivity contribution is 0.265. The lowest BCUT2D eigenvalue weighted by Gasteiger charge is -2.24. The van der Waals surface area contributed by atoms with Crippen LogP contribution >= 0.6 is 11.8 Å². The molecule has 1 atom stereocenters. The summed E-state index contributed by atoms with van der Waals surface area (Å²) in [5, 5.41) is 7.27. The summed E-state index contributed by atoms with van der Waals surface area (Å²) in [5.41, 5.74) is 2.76. The summed E-state index contributed by atoms with van der Waals surface area (Å²) in [6, 6.07) is 9.43. The van der Waals surface area contributed by atoms with Crippen LogP contribution in [0, 0.1) is 13.8 Å². The van der Waals surface area contributed by atoms with Gasteiger partial charge in [-0.3, -0.25) is 9.48 Å². The molecule has 7 nitrogen and oxygen atoms in total. The molecule has 2 fully saturated rings. The molecule has 0 bridgehead atoms. The van der Waals surface area contributed by atoms with E-state index in [1.807, 2.05) is 61.9 Å². The van der Waals surface area contributed by atoms with Crippen LogP contribution < -0.4 is 5.32 Å². The summed E-state index contributed by atoms with van der Waals surface area (Å²) in [6.45, 7) is 5.77. The summed E-state index contributed by atoms with van der Waals surface area (Å²) in [5.74, 6) is 0.779. The molecule has 2 aliphatic rings. The summed E-state index contributed by atoms with van der Waals surface area (Å²) in [7, 11) is -3.05. The molecule has 2 saturated heterocycles. The fraction of sp³-hybridized carbons (Fsp3) is 0.350. The highest BCUT2D eigenvalue weighted by atomic mass is 32.2. The Balaban J connectivity index is 1.74. The number of carbonyl (C=O) groups excluding carboxylic acids is 1. The number of amidine groups is 1. The van der Waals surface area contributed by atoms with E-state index in [9.17, 15) is 13.2 Å². The van der Waals surface area contributed by atoms with E-state index in [2.05, 4.69) is 15.4 Å². The van der Waals surface area contributed by atoms with E-state index in [0.29, 0.717) is 17.2 Å². The Morgan fingerprint density at radius 2 is 2.00 bits per heavy atom. The van der Waals surface area contributed by atoms with E-state index in [4.69, 9.17) is 0 Å². The summed E-state index contributed by atoms with van der Waals surface area (Å²) >= 11 is 1.09. The van der Waals surface area contributed by atoms with Crippen LogP contribution in [0.2, 0.25) is 0 Å². The lowest BCUT2D eigenvalue weighted by atomic mass is 10.0. The third-order valence-corrected chi connectivity index (χ3v) is 7.98. The van der Waals surface area contributed by atoms with E-state index in [-0.39, 0.29) is 16.7 Å². The van der Waals surface area contributed by atoms with Crippen molar-refractivity contribution in [1.82, 2.24) is 15.1 Å². The number of aliphatic imine (C=N–C) groups is 1. The number of nitrogens with one attached hydrogen (secondary N) is 1. The minimum absolute atomic E-state index is 0.0908. The second-order valence-corrected chi connectivity index (χ2v) is 10.9. The maximum Gasteiger partial charge on any atom is 0.289 e. The molecule has 152 valence electrons. The van der Waals surface area contributed by atoms with Gasteiger partial charge in [0.05, 0.1) is 33.3 Å². The van der Waals surface area contributed by atoms with Crippen molar-refractivity contribution in [2.75, 3.05) is 11.5 Å². The van der Waals surface area contributed by atoms with Gasteiger partial charge < -0.3 is 5.32 Å². The number of aryl methyl sites for hydroxylation is 1. The molecule has 1 aromatic heterocycles. The number of amides is 1. The van der Waals surface area contributed by atoms with E-state index in [0.717, 1.165) is 34.4 Å². The van der Waals surface area contributed by atoms with Gasteiger partial charge in [0.15, 0.2) is 9.84 Å². The number of carbonyl (C=O) groups is 1. The number of thioether (sulfide) groups is 1. The fourth-order valence-electron chi connectivity index (χ4n) is 3.83. The number of hydrogen-bond acceptors (Lipinski definition) is 6. The molecule has 1 amide bonds. The van der Waals surface area contributed by atoms with Crippen LogP contribution in [-0.4, -0.2) is 40.8 Å². The molecule has 29 heavy (non-hydrogen) atoms. The Morgan fingerprint density at radius 1 is 1.28 bits per heavy atom. The molecule has 9 heteroatoms. The van der Waals surface area contributed by atoms with Crippen LogP contribution in [0.5, 0.6) is 0 Å². The zero-order valence-corrected chi connectivity index (χ0v) is 18.1. The van der Waals surface area contributed by atoms with Crippen LogP contribution in [0.1, 0.15) is 30.3 Å². The Morgan fingerprint density at radius 3 is 2.66 bits per heavy atom. The van der Waals surface area contributed by atoms with E-state index in [1.165, 1.54) is 0 Å². The van der Waals surface area contributed by atoms with Gasteiger partial charge in [0.2, 0.25) is 0 Å². The van der Waals surface area contributed by atoms with Gasteiger partial charge in [0.1, 0.15) is 5.84 Å². The molecule has 2 aromatic rings. The average Bonchev–Trinajstić information content (AvgIpc) is 3.25. The molecule has 0 aliphatic carbocycles. The molecule has 2 aliphatic heterocycles. The Kier molecular flexibility index (Phi) is 4.90. The third-order valence-electron chi connectivity index (χ3n) is 5.27. The second-order valence-electron chi connectivity index (χ2n) is 7.65. The monoisotopic (exact) mass is 430 g/mol. The molecule has 0 saturated carbocycles. The fourth-order valence-corrected chi connectivity index (χ4v) is 6.65. The van der Waals surface area contributed by atoms with Crippen LogP contribution in [0.15, 0.2) is 40.2 Å². The average molecular weight is 431 g/mol. The SMILES string of the molecule is Cc1nn(C2(C)CCS(=O)(=O)C2)c(C)c1C=C1SC(=O)NC1=Nc1ccccc1. The first-order chi connectivity index (χ1) is 13.7. The maximum absolute atomic E-state index is 12.0. The van der Waals surface area contributed by atoms with Crippen molar-refractivity contribution < 1.29 is 13.2 Å². The van der Waals surface area contributed by atoms with Crippen LogP contribution in [-0.2, 0) is 15.4 Å². The standard InChI is InChI=1S/C20H22N4O3S2/c1-13-16(14(2)24(23-13)20(3)9-10-29(26,27)12-20)11-17-18(22-19(25)28-17)21-15-7-5-4-6-8-15/h4-8,11H,9-10,12H2,1-3H3,(H,21,22,25). The first kappa shape index (κ1) is 19.9. The number of para-hydroxylation sites is 1. The predicted octanol–water partition coefficient (Wildman–Crippen LogP) is 3.56. The first-order valence-electron chi connectivity index (χ1n) is 9.29. The Hall–Kier alpha value is -2.39. The highest BCUT2D eigenvalue weighted by molar-refractivity contribution is 8.18. The largest absolute Gasteiger partial charge is 0.300 e. The Labute approximate surface area is 174 Å². The maximum atomic E-state index is 12.0. The van der Waals surface area contributed by atoms with Gasteiger partial charge in [0.25, 0.3) is 5.24 Å². The minimum atomic E-state index is -3.05. The van der Waals surface area contributed by atoms with Gasteiger partial charge >= 0.3 is 0 Å². The zero-order chi connectivity index (χ0) is 20.8. The number of nitrogens with zero attached hydrogens (tertiary/aromatic N) is 3. The number of aromatic nitrogens is 2. The molecule has 1 aromatic carbocycles. The number of benzene rings is 1. The molecule has 4 rings (SSSR count). The van der Waals surface area contributed by atoms with Gasteiger partial charge in [-0.2, -0.15) is 5.10 Å². The van der Waals surface area contributed by atoms with Gasteiger partial charge in [-0.25, -0.2) is 13.4 Å². The summed E-state index contributed by atoms with van der Waals surface area (Å²) < 4.78 is 25.9. The van der Waals surface area contributed by atoms with Crippen molar-refractivity contribution in [3.05, 3.63) is 52.2 Å². The predicted molar refractivity (Wildman–Crippen MR) is 116 cm³/mol. The summed E-state index contributed by atoms with van der Waals surface area (Å²) in [6.07, 6.45) is 2.45. The lowest BCUT2D eigenvalue weighted by Crippen LogP contribution is -2.33.